The van der Waals surface area contributed by atoms with Crippen molar-refractivity contribution in [1.82, 2.24) is 5.32 Å². The van der Waals surface area contributed by atoms with Crippen LogP contribution in [0.4, 0.5) is 0 Å². The molecule has 0 bridgehead atoms. The van der Waals surface area contributed by atoms with Gasteiger partial charge in [0.2, 0.25) is 0 Å². The third-order valence-electron chi connectivity index (χ3n) is 3.49. The lowest BCUT2D eigenvalue weighted by Crippen LogP contribution is -3.12. The van der Waals surface area contributed by atoms with Crippen molar-refractivity contribution < 1.29 is 19.2 Å². The number of likely N-dealkylation sites (N-methyl/N-ethyl adjacent to an activating group) is 2. The minimum absolute atomic E-state index is 0.0768. The Morgan fingerprint density at radius 2 is 2.05 bits per heavy atom. The minimum Gasteiger partial charge on any atom is -0.493 e. The lowest BCUT2D eigenvalue weighted by atomic mass is 10.1. The lowest BCUT2D eigenvalue weighted by molar-refractivity contribution is -0.908. The Balaban J connectivity index is 2.76. The van der Waals surface area contributed by atoms with Crippen molar-refractivity contribution >= 4 is 5.91 Å². The van der Waals surface area contributed by atoms with Crippen LogP contribution in [-0.2, 0) is 11.3 Å². The molecule has 5 nitrogen and oxygen atoms in total. The quantitative estimate of drug-likeness (QED) is 0.740. The van der Waals surface area contributed by atoms with Gasteiger partial charge in [0.15, 0.2) is 17.5 Å². The average Bonchev–Trinajstić information content (AvgIpc) is 2.48. The van der Waals surface area contributed by atoms with Crippen molar-refractivity contribution in [3.05, 3.63) is 23.8 Å². The molecule has 2 N–H and O–H groups in total. The van der Waals surface area contributed by atoms with Gasteiger partial charge in [-0.2, -0.15) is 0 Å². The topological polar surface area (TPSA) is 52.0 Å². The summed E-state index contributed by atoms with van der Waals surface area (Å²) in [6.07, 6.45) is 0. The molecule has 21 heavy (non-hydrogen) atoms. The van der Waals surface area contributed by atoms with Crippen LogP contribution >= 0.6 is 0 Å². The normalized spacial score (nSPS) is 13.4. The highest BCUT2D eigenvalue weighted by molar-refractivity contribution is 5.79. The van der Waals surface area contributed by atoms with Gasteiger partial charge in [-0.1, -0.05) is 0 Å². The van der Waals surface area contributed by atoms with Gasteiger partial charge < -0.3 is 19.7 Å². The molecule has 2 atom stereocenters. The van der Waals surface area contributed by atoms with Crippen molar-refractivity contribution in [2.24, 2.45) is 0 Å². The summed E-state index contributed by atoms with van der Waals surface area (Å²) in [5, 5.41) is 2.86. The van der Waals surface area contributed by atoms with Gasteiger partial charge in [0.25, 0.3) is 5.91 Å². The van der Waals surface area contributed by atoms with Gasteiger partial charge in [0.05, 0.1) is 20.8 Å². The fourth-order valence-corrected chi connectivity index (χ4v) is 2.12. The molecule has 0 fully saturated rings. The highest BCUT2D eigenvalue weighted by Gasteiger charge is 2.21. The molecule has 0 saturated heterocycles. The lowest BCUT2D eigenvalue weighted by Gasteiger charge is -2.21. The SMILES string of the molecule is CCNC(=O)[C@H](C)[NH+](C)Cc1ccc(OCC)c(OC)c1. The second-order valence-corrected chi connectivity index (χ2v) is 5.06. The van der Waals surface area contributed by atoms with Crippen LogP contribution in [0.15, 0.2) is 18.2 Å². The Morgan fingerprint density at radius 3 is 2.62 bits per heavy atom. The van der Waals surface area contributed by atoms with E-state index in [0.29, 0.717) is 13.2 Å². The van der Waals surface area contributed by atoms with Crippen molar-refractivity contribution in [2.45, 2.75) is 33.4 Å². The Labute approximate surface area is 127 Å². The maximum atomic E-state index is 11.9. The van der Waals surface area contributed by atoms with E-state index in [2.05, 4.69) is 5.32 Å². The van der Waals surface area contributed by atoms with E-state index in [4.69, 9.17) is 9.47 Å². The first kappa shape index (κ1) is 17.3. The summed E-state index contributed by atoms with van der Waals surface area (Å²) in [5.41, 5.74) is 1.11. The number of hydrogen-bond acceptors (Lipinski definition) is 3. The van der Waals surface area contributed by atoms with Crippen molar-refractivity contribution in [1.29, 1.82) is 0 Å². The maximum absolute atomic E-state index is 11.9. The molecule has 1 rings (SSSR count). The van der Waals surface area contributed by atoms with Gasteiger partial charge in [-0.25, -0.2) is 0 Å². The van der Waals surface area contributed by atoms with Crippen LogP contribution in [0.2, 0.25) is 0 Å². The molecule has 0 radical (unpaired) electrons. The Kier molecular flexibility index (Phi) is 7.02. The van der Waals surface area contributed by atoms with Gasteiger partial charge in [-0.05, 0) is 39.0 Å². The summed E-state index contributed by atoms with van der Waals surface area (Å²) in [6, 6.07) is 5.81. The summed E-state index contributed by atoms with van der Waals surface area (Å²) in [5.74, 6) is 1.55. The first-order valence-corrected chi connectivity index (χ1v) is 7.43. The van der Waals surface area contributed by atoms with E-state index in [1.165, 1.54) is 0 Å². The fraction of sp³-hybridized carbons (Fsp3) is 0.562. The van der Waals surface area contributed by atoms with E-state index in [1.54, 1.807) is 7.11 Å². The smallest absolute Gasteiger partial charge is 0.278 e. The molecule has 0 aliphatic carbocycles. The number of quaternary nitrogens is 1. The number of nitrogens with one attached hydrogen (secondary N) is 2. The van der Waals surface area contributed by atoms with Crippen molar-refractivity contribution in [3.63, 3.8) is 0 Å². The van der Waals surface area contributed by atoms with Crippen LogP contribution in [0.1, 0.15) is 26.3 Å². The molecule has 118 valence electrons. The molecule has 1 aromatic carbocycles. The van der Waals surface area contributed by atoms with E-state index < -0.39 is 0 Å². The van der Waals surface area contributed by atoms with Crippen molar-refractivity contribution in [2.75, 3.05) is 27.3 Å². The molecule has 1 unspecified atom stereocenters. The number of methoxy groups -OCH3 is 1. The Hall–Kier alpha value is -1.75. The maximum Gasteiger partial charge on any atom is 0.278 e. The number of carbonyl (C=O) groups is 1. The third-order valence-corrected chi connectivity index (χ3v) is 3.49. The Bertz CT molecular complexity index is 463. The first-order valence-electron chi connectivity index (χ1n) is 7.43. The molecule has 5 heteroatoms. The number of benzene rings is 1. The summed E-state index contributed by atoms with van der Waals surface area (Å²) in [7, 11) is 3.65. The highest BCUT2D eigenvalue weighted by atomic mass is 16.5. The van der Waals surface area contributed by atoms with Gasteiger partial charge in [-0.3, -0.25) is 4.79 Å². The molecule has 1 amide bonds. The summed E-state index contributed by atoms with van der Waals surface area (Å²) >= 11 is 0. The molecule has 0 aliphatic heterocycles. The molecular weight excluding hydrogens is 268 g/mol. The second kappa shape index (κ2) is 8.52. The predicted molar refractivity (Wildman–Crippen MR) is 82.9 cm³/mol. The molecule has 0 saturated carbocycles. The Morgan fingerprint density at radius 1 is 1.33 bits per heavy atom. The monoisotopic (exact) mass is 295 g/mol. The number of amides is 1. The second-order valence-electron chi connectivity index (χ2n) is 5.06. The third kappa shape index (κ3) is 4.93. The number of carbonyl (C=O) groups excluding carboxylic acids is 1. The largest absolute Gasteiger partial charge is 0.493 e. The van der Waals surface area contributed by atoms with E-state index in [-0.39, 0.29) is 11.9 Å². The van der Waals surface area contributed by atoms with Gasteiger partial charge in [-0.15, -0.1) is 0 Å². The minimum atomic E-state index is -0.0949. The molecule has 0 heterocycles. The van der Waals surface area contributed by atoms with E-state index in [0.717, 1.165) is 28.5 Å². The van der Waals surface area contributed by atoms with Crippen LogP contribution in [0.25, 0.3) is 0 Å². The van der Waals surface area contributed by atoms with E-state index >= 15 is 0 Å². The van der Waals surface area contributed by atoms with Crippen molar-refractivity contribution in [3.8, 4) is 11.5 Å². The number of ether oxygens (including phenoxy) is 2. The van der Waals surface area contributed by atoms with E-state index in [9.17, 15) is 4.79 Å². The molecule has 0 aliphatic rings. The zero-order valence-corrected chi connectivity index (χ0v) is 13.7. The molecular formula is C16H27N2O3+. The summed E-state index contributed by atoms with van der Waals surface area (Å²) in [4.78, 5) is 13.0. The summed E-state index contributed by atoms with van der Waals surface area (Å²) < 4.78 is 10.9. The zero-order chi connectivity index (χ0) is 15.8. The van der Waals surface area contributed by atoms with Crippen LogP contribution in [0, 0.1) is 0 Å². The molecule has 1 aromatic rings. The first-order chi connectivity index (χ1) is 10.0. The van der Waals surface area contributed by atoms with Crippen LogP contribution in [-0.4, -0.2) is 39.3 Å². The van der Waals surface area contributed by atoms with Gasteiger partial charge in [0.1, 0.15) is 6.54 Å². The number of rotatable bonds is 8. The molecule has 0 spiro atoms. The standard InChI is InChI=1S/C16H26N2O3/c1-6-17-16(19)12(3)18(4)11-13-8-9-14(21-7-2)15(10-13)20-5/h8-10,12H,6-7,11H2,1-5H3,(H,17,19)/p+1/t12-/m0/s1. The average molecular weight is 295 g/mol. The highest BCUT2D eigenvalue weighted by Crippen LogP contribution is 2.27. The zero-order valence-electron chi connectivity index (χ0n) is 13.7. The van der Waals surface area contributed by atoms with Gasteiger partial charge >= 0.3 is 0 Å². The fourth-order valence-electron chi connectivity index (χ4n) is 2.12. The van der Waals surface area contributed by atoms with E-state index in [1.807, 2.05) is 46.0 Å². The van der Waals surface area contributed by atoms with Gasteiger partial charge in [0, 0.05) is 12.1 Å². The molecule has 0 aromatic heterocycles. The summed E-state index contributed by atoms with van der Waals surface area (Å²) in [6.45, 7) is 7.83. The van der Waals surface area contributed by atoms with Crippen LogP contribution in [0.3, 0.4) is 0 Å². The number of hydrogen-bond donors (Lipinski definition) is 2. The van der Waals surface area contributed by atoms with Crippen LogP contribution in [0.5, 0.6) is 11.5 Å². The predicted octanol–water partition coefficient (Wildman–Crippen LogP) is 0.633. The van der Waals surface area contributed by atoms with Crippen LogP contribution < -0.4 is 19.7 Å².